The van der Waals surface area contributed by atoms with E-state index in [1.807, 2.05) is 7.05 Å². The molecule has 0 amide bonds. The molecule has 1 N–H and O–H groups in total. The fourth-order valence-corrected chi connectivity index (χ4v) is 1.02. The van der Waals surface area contributed by atoms with Gasteiger partial charge in [-0.1, -0.05) is 13.3 Å². The van der Waals surface area contributed by atoms with Crippen molar-refractivity contribution < 1.29 is 9.47 Å². The molecule has 0 aromatic heterocycles. The predicted molar refractivity (Wildman–Crippen MR) is 59.7 cm³/mol. The highest BCUT2D eigenvalue weighted by Crippen LogP contribution is 1.97. The minimum Gasteiger partial charge on any atom is -0.379 e. The zero-order valence-corrected chi connectivity index (χ0v) is 10.0. The number of unbranched alkanes of at least 4 members (excludes halogenated alkanes) is 1. The summed E-state index contributed by atoms with van der Waals surface area (Å²) < 4.78 is 11.0. The highest BCUT2D eigenvalue weighted by atomic mass is 16.5. The molecule has 0 aliphatic heterocycles. The third-order valence-electron chi connectivity index (χ3n) is 2.41. The molecule has 0 fully saturated rings. The van der Waals surface area contributed by atoms with Gasteiger partial charge < -0.3 is 14.8 Å². The fraction of sp³-hybridized carbons (Fsp3) is 1.00. The van der Waals surface area contributed by atoms with E-state index in [-0.39, 0.29) is 6.10 Å². The van der Waals surface area contributed by atoms with Gasteiger partial charge in [-0.25, -0.2) is 0 Å². The third-order valence-corrected chi connectivity index (χ3v) is 2.41. The van der Waals surface area contributed by atoms with Gasteiger partial charge in [0.1, 0.15) is 0 Å². The van der Waals surface area contributed by atoms with Crippen LogP contribution in [0, 0.1) is 0 Å². The minimum absolute atomic E-state index is 0.245. The summed E-state index contributed by atoms with van der Waals surface area (Å²) in [6.07, 6.45) is 2.58. The number of nitrogens with one attached hydrogen (secondary N) is 1. The zero-order valence-electron chi connectivity index (χ0n) is 10.0. The first kappa shape index (κ1) is 13.9. The molecule has 0 aliphatic carbocycles. The lowest BCUT2D eigenvalue weighted by Gasteiger charge is -2.19. The second-order valence-electron chi connectivity index (χ2n) is 3.62. The molecular formula is C11H25NO2. The van der Waals surface area contributed by atoms with Gasteiger partial charge in [0.05, 0.1) is 19.3 Å². The topological polar surface area (TPSA) is 30.5 Å². The molecule has 0 heterocycles. The Labute approximate surface area is 88.2 Å². The zero-order chi connectivity index (χ0) is 10.8. The molecular weight excluding hydrogens is 178 g/mol. The maximum atomic E-state index is 5.59. The van der Waals surface area contributed by atoms with Gasteiger partial charge >= 0.3 is 0 Å². The van der Waals surface area contributed by atoms with Gasteiger partial charge in [-0.3, -0.25) is 0 Å². The van der Waals surface area contributed by atoms with E-state index >= 15 is 0 Å². The molecule has 0 saturated carbocycles. The molecule has 0 bridgehead atoms. The van der Waals surface area contributed by atoms with Crippen LogP contribution in [0.4, 0.5) is 0 Å². The van der Waals surface area contributed by atoms with Crippen molar-refractivity contribution in [3.63, 3.8) is 0 Å². The first-order valence-corrected chi connectivity index (χ1v) is 5.59. The highest BCUT2D eigenvalue weighted by molar-refractivity contribution is 4.65. The van der Waals surface area contributed by atoms with E-state index in [0.717, 1.165) is 13.0 Å². The van der Waals surface area contributed by atoms with Gasteiger partial charge in [0.25, 0.3) is 0 Å². The predicted octanol–water partition coefficient (Wildman–Crippen LogP) is 1.82. The molecule has 3 nitrogen and oxygen atoms in total. The molecule has 86 valence electrons. The van der Waals surface area contributed by atoms with Gasteiger partial charge in [0.15, 0.2) is 0 Å². The molecule has 14 heavy (non-hydrogen) atoms. The Morgan fingerprint density at radius 3 is 2.43 bits per heavy atom. The van der Waals surface area contributed by atoms with E-state index in [1.165, 1.54) is 6.42 Å². The van der Waals surface area contributed by atoms with Crippen molar-refractivity contribution in [2.75, 3.05) is 26.9 Å². The third kappa shape index (κ3) is 7.30. The van der Waals surface area contributed by atoms with Crippen LogP contribution in [0.15, 0.2) is 0 Å². The van der Waals surface area contributed by atoms with Gasteiger partial charge in [-0.05, 0) is 27.3 Å². The summed E-state index contributed by atoms with van der Waals surface area (Å²) in [7, 11) is 1.95. The van der Waals surface area contributed by atoms with E-state index in [2.05, 4.69) is 26.1 Å². The van der Waals surface area contributed by atoms with Crippen LogP contribution in [0.3, 0.4) is 0 Å². The molecule has 0 spiro atoms. The van der Waals surface area contributed by atoms with Gasteiger partial charge in [-0.2, -0.15) is 0 Å². The Bertz CT molecular complexity index is 120. The molecule has 0 saturated heterocycles. The first-order chi connectivity index (χ1) is 6.72. The summed E-state index contributed by atoms with van der Waals surface area (Å²) in [6, 6.07) is 0.394. The average Bonchev–Trinajstić information content (AvgIpc) is 2.21. The van der Waals surface area contributed by atoms with Crippen LogP contribution in [0.1, 0.15) is 33.6 Å². The Kier molecular flexibility index (Phi) is 9.35. The fourth-order valence-electron chi connectivity index (χ4n) is 1.02. The summed E-state index contributed by atoms with van der Waals surface area (Å²) in [5, 5.41) is 3.16. The standard InChI is InChI=1S/C11H25NO2/c1-5-6-7-13-8-9-14-11(3)10(2)12-4/h10-12H,5-9H2,1-4H3. The number of hydrogen-bond donors (Lipinski definition) is 1. The van der Waals surface area contributed by atoms with E-state index in [4.69, 9.17) is 9.47 Å². The Balaban J connectivity index is 3.18. The summed E-state index contributed by atoms with van der Waals surface area (Å²) in [5.74, 6) is 0. The monoisotopic (exact) mass is 203 g/mol. The molecule has 2 unspecified atom stereocenters. The first-order valence-electron chi connectivity index (χ1n) is 5.59. The number of likely N-dealkylation sites (N-methyl/N-ethyl adjacent to an activating group) is 1. The highest BCUT2D eigenvalue weighted by Gasteiger charge is 2.09. The smallest absolute Gasteiger partial charge is 0.0704 e. The van der Waals surface area contributed by atoms with Gasteiger partial charge in [0.2, 0.25) is 0 Å². The number of hydrogen-bond acceptors (Lipinski definition) is 3. The average molecular weight is 203 g/mol. The Morgan fingerprint density at radius 1 is 1.14 bits per heavy atom. The normalized spacial score (nSPS) is 15.4. The SMILES string of the molecule is CCCCOCCOC(C)C(C)NC. The second-order valence-corrected chi connectivity index (χ2v) is 3.62. The quantitative estimate of drug-likeness (QED) is 0.580. The Morgan fingerprint density at radius 2 is 1.86 bits per heavy atom. The summed E-state index contributed by atoms with van der Waals surface area (Å²) in [5.41, 5.74) is 0. The van der Waals surface area contributed by atoms with Crippen LogP contribution in [-0.4, -0.2) is 39.0 Å². The van der Waals surface area contributed by atoms with E-state index in [9.17, 15) is 0 Å². The van der Waals surface area contributed by atoms with Gasteiger partial charge in [-0.15, -0.1) is 0 Å². The van der Waals surface area contributed by atoms with Crippen LogP contribution >= 0.6 is 0 Å². The van der Waals surface area contributed by atoms with Gasteiger partial charge in [0, 0.05) is 12.6 Å². The molecule has 0 aromatic rings. The maximum Gasteiger partial charge on any atom is 0.0704 e. The van der Waals surface area contributed by atoms with E-state index in [0.29, 0.717) is 19.3 Å². The molecule has 0 aromatic carbocycles. The lowest BCUT2D eigenvalue weighted by Crippen LogP contribution is -2.35. The lowest BCUT2D eigenvalue weighted by atomic mass is 10.2. The summed E-state index contributed by atoms with van der Waals surface area (Å²) in [6.45, 7) is 8.61. The number of rotatable bonds is 9. The van der Waals surface area contributed by atoms with E-state index in [1.54, 1.807) is 0 Å². The van der Waals surface area contributed by atoms with Crippen molar-refractivity contribution in [3.05, 3.63) is 0 Å². The second kappa shape index (κ2) is 9.44. The molecule has 0 aliphatic rings. The van der Waals surface area contributed by atoms with Crippen molar-refractivity contribution in [1.82, 2.24) is 5.32 Å². The van der Waals surface area contributed by atoms with Crippen molar-refractivity contribution in [2.24, 2.45) is 0 Å². The number of ether oxygens (including phenoxy) is 2. The summed E-state index contributed by atoms with van der Waals surface area (Å²) >= 11 is 0. The molecule has 2 atom stereocenters. The van der Waals surface area contributed by atoms with Crippen LogP contribution in [0.5, 0.6) is 0 Å². The molecule has 0 rings (SSSR count). The summed E-state index contributed by atoms with van der Waals surface area (Å²) in [4.78, 5) is 0. The van der Waals surface area contributed by atoms with Crippen LogP contribution in [-0.2, 0) is 9.47 Å². The minimum atomic E-state index is 0.245. The van der Waals surface area contributed by atoms with Crippen molar-refractivity contribution >= 4 is 0 Å². The lowest BCUT2D eigenvalue weighted by molar-refractivity contribution is 0.000106. The largest absolute Gasteiger partial charge is 0.379 e. The van der Waals surface area contributed by atoms with E-state index < -0.39 is 0 Å². The van der Waals surface area contributed by atoms with Crippen molar-refractivity contribution in [3.8, 4) is 0 Å². The van der Waals surface area contributed by atoms with Crippen LogP contribution < -0.4 is 5.32 Å². The van der Waals surface area contributed by atoms with Crippen molar-refractivity contribution in [1.29, 1.82) is 0 Å². The van der Waals surface area contributed by atoms with Crippen LogP contribution in [0.2, 0.25) is 0 Å². The Hall–Kier alpha value is -0.120. The van der Waals surface area contributed by atoms with Crippen molar-refractivity contribution in [2.45, 2.75) is 45.8 Å². The molecule has 0 radical (unpaired) electrons. The maximum absolute atomic E-state index is 5.59. The molecule has 3 heteroatoms. The van der Waals surface area contributed by atoms with Crippen LogP contribution in [0.25, 0.3) is 0 Å².